The summed E-state index contributed by atoms with van der Waals surface area (Å²) < 4.78 is 5.74. The first-order chi connectivity index (χ1) is 8.08. The van der Waals surface area contributed by atoms with E-state index in [0.29, 0.717) is 13.1 Å². The molecule has 0 bridgehead atoms. The second-order valence-corrected chi connectivity index (χ2v) is 5.59. The molecule has 0 aromatic rings. The average molecular weight is 260 g/mol. The van der Waals surface area contributed by atoms with E-state index in [-0.39, 0.29) is 24.2 Å². The van der Waals surface area contributed by atoms with Crippen LogP contribution in [0.5, 0.6) is 0 Å². The van der Waals surface area contributed by atoms with Gasteiger partial charge < -0.3 is 15.4 Å². The largest absolute Gasteiger partial charge is 0.372 e. The summed E-state index contributed by atoms with van der Waals surface area (Å²) in [7, 11) is 0. The van der Waals surface area contributed by atoms with Crippen LogP contribution in [0, 0.1) is 0 Å². The molecule has 0 aromatic carbocycles. The fraction of sp³-hybridized carbons (Fsp3) is 0.917. The lowest BCUT2D eigenvalue weighted by Gasteiger charge is -2.37. The summed E-state index contributed by atoms with van der Waals surface area (Å²) in [6.07, 6.45) is 4.00. The minimum Gasteiger partial charge on any atom is -0.372 e. The van der Waals surface area contributed by atoms with Crippen LogP contribution < -0.4 is 5.73 Å². The maximum absolute atomic E-state index is 12.1. The molecule has 100 valence electrons. The molecule has 0 spiro atoms. The zero-order chi connectivity index (χ0) is 12.8. The Morgan fingerprint density at radius 3 is 2.88 bits per heavy atom. The Morgan fingerprint density at radius 1 is 1.59 bits per heavy atom. The number of hydrogen-bond acceptors (Lipinski definition) is 4. The highest BCUT2D eigenvalue weighted by atomic mass is 32.2. The molecule has 17 heavy (non-hydrogen) atoms. The Morgan fingerprint density at radius 2 is 2.29 bits per heavy atom. The average Bonchev–Trinajstić information content (AvgIpc) is 2.34. The second kappa shape index (κ2) is 7.24. The molecule has 0 radical (unpaired) electrons. The van der Waals surface area contributed by atoms with Crippen molar-refractivity contribution in [1.82, 2.24) is 4.90 Å². The predicted octanol–water partition coefficient (Wildman–Crippen LogP) is 1.09. The van der Waals surface area contributed by atoms with Gasteiger partial charge in [0.1, 0.15) is 0 Å². The van der Waals surface area contributed by atoms with E-state index >= 15 is 0 Å². The number of hydrogen-bond donors (Lipinski definition) is 1. The number of carbonyl (C=O) groups is 1. The van der Waals surface area contributed by atoms with Gasteiger partial charge in [-0.2, -0.15) is 11.8 Å². The molecule has 0 aliphatic carbocycles. The van der Waals surface area contributed by atoms with E-state index in [4.69, 9.17) is 10.5 Å². The van der Waals surface area contributed by atoms with Gasteiger partial charge in [0.25, 0.3) is 0 Å². The Balaban J connectivity index is 2.49. The molecular formula is C12H24N2O2S. The first-order valence-electron chi connectivity index (χ1n) is 6.27. The highest BCUT2D eigenvalue weighted by Gasteiger charge is 2.29. The van der Waals surface area contributed by atoms with Crippen LogP contribution in [0.2, 0.25) is 0 Å². The second-order valence-electron chi connectivity index (χ2n) is 4.61. The van der Waals surface area contributed by atoms with Crippen molar-refractivity contribution in [2.75, 3.05) is 25.1 Å². The summed E-state index contributed by atoms with van der Waals surface area (Å²) in [6.45, 7) is 5.45. The molecule has 1 rings (SSSR count). The summed E-state index contributed by atoms with van der Waals surface area (Å²) in [4.78, 5) is 14.0. The van der Waals surface area contributed by atoms with Crippen LogP contribution in [-0.4, -0.2) is 54.2 Å². The van der Waals surface area contributed by atoms with E-state index in [0.717, 1.165) is 18.6 Å². The number of rotatable bonds is 5. The maximum Gasteiger partial charge on any atom is 0.239 e. The lowest BCUT2D eigenvalue weighted by Crippen LogP contribution is -2.53. The van der Waals surface area contributed by atoms with E-state index in [9.17, 15) is 4.79 Å². The van der Waals surface area contributed by atoms with Crippen molar-refractivity contribution >= 4 is 17.7 Å². The molecule has 2 N–H and O–H groups in total. The predicted molar refractivity (Wildman–Crippen MR) is 72.2 cm³/mol. The van der Waals surface area contributed by atoms with Crippen LogP contribution in [0.25, 0.3) is 0 Å². The Bertz CT molecular complexity index is 251. The Labute approximate surface area is 108 Å². The fourth-order valence-electron chi connectivity index (χ4n) is 2.05. The number of carbonyl (C=O) groups excluding carboxylic acids is 1. The minimum absolute atomic E-state index is 0.0765. The third kappa shape index (κ3) is 4.48. The molecule has 1 fully saturated rings. The molecule has 0 saturated carbocycles. The normalized spacial score (nSPS) is 26.9. The van der Waals surface area contributed by atoms with E-state index in [1.807, 2.05) is 18.1 Å². The zero-order valence-corrected chi connectivity index (χ0v) is 11.8. The Hall–Kier alpha value is -0.260. The van der Waals surface area contributed by atoms with Crippen LogP contribution in [0.1, 0.15) is 26.7 Å². The molecule has 5 heteroatoms. The van der Waals surface area contributed by atoms with Crippen molar-refractivity contribution in [2.45, 2.75) is 44.9 Å². The van der Waals surface area contributed by atoms with Crippen LogP contribution in [-0.2, 0) is 9.53 Å². The van der Waals surface area contributed by atoms with E-state index in [1.54, 1.807) is 11.8 Å². The molecule has 1 heterocycles. The zero-order valence-electron chi connectivity index (χ0n) is 11.0. The SMILES string of the molecule is CCC1CN(C(=O)[C@@H](N)CCSC)CC(C)O1. The van der Waals surface area contributed by atoms with Crippen LogP contribution in [0.4, 0.5) is 0 Å². The first-order valence-corrected chi connectivity index (χ1v) is 7.66. The lowest BCUT2D eigenvalue weighted by atomic mass is 10.1. The number of nitrogens with two attached hydrogens (primary N) is 1. The molecular weight excluding hydrogens is 236 g/mol. The highest BCUT2D eigenvalue weighted by Crippen LogP contribution is 2.15. The monoisotopic (exact) mass is 260 g/mol. The summed E-state index contributed by atoms with van der Waals surface area (Å²) in [6, 6.07) is -0.356. The van der Waals surface area contributed by atoms with Crippen molar-refractivity contribution in [1.29, 1.82) is 0 Å². The van der Waals surface area contributed by atoms with Crippen molar-refractivity contribution in [3.63, 3.8) is 0 Å². The van der Waals surface area contributed by atoms with E-state index in [2.05, 4.69) is 6.92 Å². The molecule has 1 amide bonds. The van der Waals surface area contributed by atoms with Crippen molar-refractivity contribution in [3.8, 4) is 0 Å². The van der Waals surface area contributed by atoms with Crippen LogP contribution in [0.15, 0.2) is 0 Å². The van der Waals surface area contributed by atoms with Crippen LogP contribution in [0.3, 0.4) is 0 Å². The fourth-order valence-corrected chi connectivity index (χ4v) is 2.54. The number of nitrogens with zero attached hydrogens (tertiary/aromatic N) is 1. The summed E-state index contributed by atoms with van der Waals surface area (Å²) in [5, 5.41) is 0. The molecule has 3 atom stereocenters. The van der Waals surface area contributed by atoms with Crippen LogP contribution >= 0.6 is 11.8 Å². The molecule has 4 nitrogen and oxygen atoms in total. The quantitative estimate of drug-likeness (QED) is 0.804. The van der Waals surface area contributed by atoms with Gasteiger partial charge in [-0.3, -0.25) is 4.79 Å². The number of amides is 1. The summed E-state index contributed by atoms with van der Waals surface area (Å²) in [5.41, 5.74) is 5.92. The summed E-state index contributed by atoms with van der Waals surface area (Å²) in [5.74, 6) is 1.01. The van der Waals surface area contributed by atoms with Crippen molar-refractivity contribution in [2.24, 2.45) is 5.73 Å². The smallest absolute Gasteiger partial charge is 0.239 e. The minimum atomic E-state index is -0.356. The third-order valence-electron chi connectivity index (χ3n) is 3.04. The molecule has 1 aliphatic heterocycles. The standard InChI is InChI=1S/C12H24N2O2S/c1-4-10-8-14(7-9(2)16-10)12(15)11(13)5-6-17-3/h9-11H,4-8,13H2,1-3H3/t9?,10?,11-/m0/s1. The number of morpholine rings is 1. The van der Waals surface area contributed by atoms with Crippen molar-refractivity contribution < 1.29 is 9.53 Å². The van der Waals surface area contributed by atoms with E-state index in [1.165, 1.54) is 0 Å². The molecule has 1 saturated heterocycles. The van der Waals surface area contributed by atoms with Gasteiger partial charge in [0.05, 0.1) is 18.2 Å². The van der Waals surface area contributed by atoms with Gasteiger partial charge in [-0.05, 0) is 31.8 Å². The van der Waals surface area contributed by atoms with Gasteiger partial charge >= 0.3 is 0 Å². The van der Waals surface area contributed by atoms with Gasteiger partial charge in [-0.25, -0.2) is 0 Å². The number of thioether (sulfide) groups is 1. The van der Waals surface area contributed by atoms with Crippen molar-refractivity contribution in [3.05, 3.63) is 0 Å². The lowest BCUT2D eigenvalue weighted by molar-refractivity contribution is -0.145. The van der Waals surface area contributed by atoms with Gasteiger partial charge in [0.2, 0.25) is 5.91 Å². The highest BCUT2D eigenvalue weighted by molar-refractivity contribution is 7.98. The summed E-state index contributed by atoms with van der Waals surface area (Å²) >= 11 is 1.72. The molecule has 0 aromatic heterocycles. The number of ether oxygens (including phenoxy) is 1. The Kier molecular flexibility index (Phi) is 6.30. The topological polar surface area (TPSA) is 55.6 Å². The molecule has 1 aliphatic rings. The first kappa shape index (κ1) is 14.8. The maximum atomic E-state index is 12.1. The molecule has 2 unspecified atom stereocenters. The third-order valence-corrected chi connectivity index (χ3v) is 3.69. The van der Waals surface area contributed by atoms with Gasteiger partial charge in [-0.15, -0.1) is 0 Å². The van der Waals surface area contributed by atoms with E-state index < -0.39 is 0 Å². The van der Waals surface area contributed by atoms with Gasteiger partial charge in [0.15, 0.2) is 0 Å². The van der Waals surface area contributed by atoms with Gasteiger partial charge in [0, 0.05) is 13.1 Å². The van der Waals surface area contributed by atoms with Gasteiger partial charge in [-0.1, -0.05) is 6.92 Å².